The van der Waals surface area contributed by atoms with Crippen molar-refractivity contribution in [3.05, 3.63) is 95.9 Å². The Morgan fingerprint density at radius 2 is 1.83 bits per heavy atom. The van der Waals surface area contributed by atoms with Gasteiger partial charge in [-0.05, 0) is 48.3 Å². The lowest BCUT2D eigenvalue weighted by molar-refractivity contribution is 0.0626. The number of rotatable bonds is 7. The Hall–Kier alpha value is -3.62. The van der Waals surface area contributed by atoms with Gasteiger partial charge in [0.25, 0.3) is 5.91 Å². The van der Waals surface area contributed by atoms with Gasteiger partial charge < -0.3 is 14.4 Å². The summed E-state index contributed by atoms with van der Waals surface area (Å²) < 4.78 is 22.9. The number of hydrogen-bond donors (Lipinski definition) is 1. The van der Waals surface area contributed by atoms with Crippen LogP contribution in [0.5, 0.6) is 5.75 Å². The summed E-state index contributed by atoms with van der Waals surface area (Å²) in [5, 5.41) is 1.08. The number of piperazine rings is 1. The zero-order chi connectivity index (χ0) is 24.9. The first-order valence-corrected chi connectivity index (χ1v) is 12.6. The number of carbonyl (C=O) groups is 1. The van der Waals surface area contributed by atoms with Crippen LogP contribution in [0.1, 0.15) is 15.9 Å². The van der Waals surface area contributed by atoms with Gasteiger partial charge in [0.1, 0.15) is 11.6 Å². The minimum Gasteiger partial charge on any atom is -0.495 e. The molecule has 1 aliphatic rings. The quantitative estimate of drug-likeness (QED) is 0.339. The van der Waals surface area contributed by atoms with Gasteiger partial charge in [-0.2, -0.15) is 0 Å². The molecule has 1 amide bonds. The summed E-state index contributed by atoms with van der Waals surface area (Å²) in [7, 11) is 1.60. The highest BCUT2D eigenvalue weighted by Crippen LogP contribution is 2.33. The van der Waals surface area contributed by atoms with Crippen LogP contribution in [0.3, 0.4) is 0 Å². The van der Waals surface area contributed by atoms with Crippen LogP contribution in [0, 0.1) is 5.82 Å². The normalized spacial score (nSPS) is 14.1. The van der Waals surface area contributed by atoms with E-state index in [2.05, 4.69) is 14.6 Å². The van der Waals surface area contributed by atoms with Gasteiger partial charge in [-0.15, -0.1) is 0 Å². The van der Waals surface area contributed by atoms with Gasteiger partial charge >= 0.3 is 0 Å². The molecule has 0 saturated carbocycles. The van der Waals surface area contributed by atoms with E-state index in [1.54, 1.807) is 25.4 Å². The molecule has 0 aliphatic carbocycles. The number of pyridine rings is 1. The summed E-state index contributed by atoms with van der Waals surface area (Å²) in [5.74, 6) is 0.378. The van der Waals surface area contributed by atoms with Crippen molar-refractivity contribution in [1.82, 2.24) is 14.8 Å². The molecule has 1 aromatic heterocycles. The first-order chi connectivity index (χ1) is 17.6. The van der Waals surface area contributed by atoms with Crippen molar-refractivity contribution in [3.63, 3.8) is 0 Å². The predicted octanol–water partition coefficient (Wildman–Crippen LogP) is 5.46. The number of methoxy groups -OCH3 is 1. The predicted molar refractivity (Wildman–Crippen MR) is 142 cm³/mol. The number of carbonyl (C=O) groups excluding carboxylic acids is 1. The number of anilines is 1. The molecule has 3 aromatic carbocycles. The fourth-order valence-electron chi connectivity index (χ4n) is 4.34. The van der Waals surface area contributed by atoms with Crippen molar-refractivity contribution in [2.45, 2.75) is 11.4 Å². The Kier molecular flexibility index (Phi) is 7.34. The van der Waals surface area contributed by atoms with Crippen LogP contribution in [0.25, 0.3) is 10.9 Å². The van der Waals surface area contributed by atoms with E-state index >= 15 is 0 Å². The van der Waals surface area contributed by atoms with E-state index in [4.69, 9.17) is 4.74 Å². The summed E-state index contributed by atoms with van der Waals surface area (Å²) in [6.45, 7) is 3.14. The molecule has 36 heavy (non-hydrogen) atoms. The number of ether oxygens (including phenoxy) is 1. The molecule has 1 aliphatic heterocycles. The summed E-state index contributed by atoms with van der Waals surface area (Å²) in [4.78, 5) is 22.7. The number of halogens is 1. The molecule has 1 saturated heterocycles. The number of nitrogens with one attached hydrogen (secondary N) is 1. The number of hydrogen-bond acceptors (Lipinski definition) is 6. The summed E-state index contributed by atoms with van der Waals surface area (Å²) in [6.07, 6.45) is 1.78. The van der Waals surface area contributed by atoms with E-state index in [-0.39, 0.29) is 11.7 Å². The molecule has 0 bridgehead atoms. The van der Waals surface area contributed by atoms with Gasteiger partial charge in [-0.25, -0.2) is 4.39 Å². The minimum absolute atomic E-state index is 0.0312. The SMILES string of the molecule is COc1cc(C(=O)N2CCN(Cc3ccccc3F)CC2)ccc1NSc1cccc2cccnc12. The van der Waals surface area contributed by atoms with Crippen LogP contribution in [-0.2, 0) is 6.54 Å². The number of fused-ring (bicyclic) bond motifs is 1. The summed E-state index contributed by atoms with van der Waals surface area (Å²) in [5.41, 5.74) is 2.97. The number of para-hydroxylation sites is 1. The fraction of sp³-hybridized carbons (Fsp3) is 0.214. The number of nitrogens with zero attached hydrogens (tertiary/aromatic N) is 3. The fourth-order valence-corrected chi connectivity index (χ4v) is 5.14. The highest BCUT2D eigenvalue weighted by molar-refractivity contribution is 8.00. The van der Waals surface area contributed by atoms with E-state index in [1.165, 1.54) is 18.0 Å². The maximum atomic E-state index is 14.0. The third kappa shape index (κ3) is 5.29. The molecule has 1 N–H and O–H groups in total. The van der Waals surface area contributed by atoms with Crippen molar-refractivity contribution in [2.75, 3.05) is 38.0 Å². The van der Waals surface area contributed by atoms with Crippen LogP contribution in [0.2, 0.25) is 0 Å². The lowest BCUT2D eigenvalue weighted by atomic mass is 10.1. The molecule has 184 valence electrons. The highest BCUT2D eigenvalue weighted by Gasteiger charge is 2.23. The molecule has 0 unspecified atom stereocenters. The van der Waals surface area contributed by atoms with Gasteiger partial charge in [0.05, 0.1) is 23.2 Å². The van der Waals surface area contributed by atoms with Crippen LogP contribution < -0.4 is 9.46 Å². The minimum atomic E-state index is -0.188. The number of aromatic nitrogens is 1. The van der Waals surface area contributed by atoms with E-state index in [1.807, 2.05) is 59.5 Å². The van der Waals surface area contributed by atoms with Crippen LogP contribution in [0.4, 0.5) is 10.1 Å². The Bertz CT molecular complexity index is 1370. The zero-order valence-corrected chi connectivity index (χ0v) is 20.8. The van der Waals surface area contributed by atoms with Crippen LogP contribution >= 0.6 is 11.9 Å². The van der Waals surface area contributed by atoms with E-state index in [0.717, 1.165) is 21.5 Å². The maximum absolute atomic E-state index is 14.0. The standard InChI is InChI=1S/C28H27FN4O2S/c1-35-25-18-21(11-12-24(25)31-36-26-10-4-7-20-8-5-13-30-27(20)26)28(34)33-16-14-32(15-17-33)19-22-6-2-3-9-23(22)29/h2-13,18,31H,14-17,19H2,1H3. The van der Waals surface area contributed by atoms with Crippen molar-refractivity contribution in [1.29, 1.82) is 0 Å². The van der Waals surface area contributed by atoms with E-state index in [9.17, 15) is 9.18 Å². The van der Waals surface area contributed by atoms with Crippen molar-refractivity contribution in [3.8, 4) is 5.75 Å². The Morgan fingerprint density at radius 3 is 2.64 bits per heavy atom. The largest absolute Gasteiger partial charge is 0.495 e. The molecule has 0 radical (unpaired) electrons. The zero-order valence-electron chi connectivity index (χ0n) is 20.0. The molecule has 2 heterocycles. The monoisotopic (exact) mass is 502 g/mol. The molecule has 6 nitrogen and oxygen atoms in total. The third-order valence-corrected chi connectivity index (χ3v) is 7.20. The first-order valence-electron chi connectivity index (χ1n) is 11.8. The lowest BCUT2D eigenvalue weighted by Crippen LogP contribution is -2.48. The first kappa shape index (κ1) is 24.1. The van der Waals surface area contributed by atoms with E-state index < -0.39 is 0 Å². The Balaban J connectivity index is 1.22. The number of benzene rings is 3. The lowest BCUT2D eigenvalue weighted by Gasteiger charge is -2.35. The van der Waals surface area contributed by atoms with Crippen LogP contribution in [-0.4, -0.2) is 54.0 Å². The molecule has 5 rings (SSSR count). The Morgan fingerprint density at radius 1 is 1.03 bits per heavy atom. The number of amides is 1. The molecule has 4 aromatic rings. The van der Waals surface area contributed by atoms with E-state index in [0.29, 0.717) is 49.6 Å². The molecule has 8 heteroatoms. The van der Waals surface area contributed by atoms with Gasteiger partial charge in [0, 0.05) is 55.4 Å². The highest BCUT2D eigenvalue weighted by atomic mass is 32.2. The average molecular weight is 503 g/mol. The molecule has 0 atom stereocenters. The molecule has 0 spiro atoms. The third-order valence-electron chi connectivity index (χ3n) is 6.33. The van der Waals surface area contributed by atoms with Crippen LogP contribution in [0.15, 0.2) is 83.9 Å². The Labute approximate surface area is 214 Å². The second-order valence-corrected chi connectivity index (χ2v) is 9.46. The molecular weight excluding hydrogens is 475 g/mol. The molecule has 1 fully saturated rings. The van der Waals surface area contributed by atoms with Gasteiger partial charge in [-0.3, -0.25) is 14.7 Å². The summed E-state index contributed by atoms with van der Waals surface area (Å²) in [6, 6.07) is 22.3. The van der Waals surface area contributed by atoms with Gasteiger partial charge in [0.15, 0.2) is 0 Å². The topological polar surface area (TPSA) is 57.7 Å². The van der Waals surface area contributed by atoms with Crippen molar-refractivity contribution < 1.29 is 13.9 Å². The average Bonchev–Trinajstić information content (AvgIpc) is 2.93. The van der Waals surface area contributed by atoms with Gasteiger partial charge in [-0.1, -0.05) is 36.4 Å². The second kappa shape index (κ2) is 11.0. The van der Waals surface area contributed by atoms with Crippen molar-refractivity contribution >= 4 is 34.4 Å². The van der Waals surface area contributed by atoms with Gasteiger partial charge in [0.2, 0.25) is 0 Å². The smallest absolute Gasteiger partial charge is 0.254 e. The summed E-state index contributed by atoms with van der Waals surface area (Å²) >= 11 is 1.46. The maximum Gasteiger partial charge on any atom is 0.254 e. The molecular formula is C28H27FN4O2S. The second-order valence-electron chi connectivity index (χ2n) is 8.61. The van der Waals surface area contributed by atoms with Crippen molar-refractivity contribution in [2.24, 2.45) is 0 Å².